The van der Waals surface area contributed by atoms with Gasteiger partial charge in [0.15, 0.2) is 11.5 Å². The summed E-state index contributed by atoms with van der Waals surface area (Å²) >= 11 is 0. The third-order valence-electron chi connectivity index (χ3n) is 6.43. The Morgan fingerprint density at radius 2 is 1.76 bits per heavy atom. The van der Waals surface area contributed by atoms with Gasteiger partial charge in [0.2, 0.25) is 0 Å². The van der Waals surface area contributed by atoms with Gasteiger partial charge >= 0.3 is 5.97 Å². The predicted octanol–water partition coefficient (Wildman–Crippen LogP) is 3.20. The molecule has 0 aliphatic carbocycles. The maximum Gasteiger partial charge on any atom is 0.337 e. The van der Waals surface area contributed by atoms with E-state index in [1.165, 1.54) is 12.8 Å². The number of aryl methyl sites for hydroxylation is 1. The molecule has 1 saturated heterocycles. The Kier molecular flexibility index (Phi) is 6.35. The van der Waals surface area contributed by atoms with Crippen LogP contribution in [0.15, 0.2) is 42.7 Å². The summed E-state index contributed by atoms with van der Waals surface area (Å²) in [5, 5.41) is 0. The molecule has 0 N–H and O–H groups in total. The smallest absolute Gasteiger partial charge is 0.337 e. The van der Waals surface area contributed by atoms with Crippen molar-refractivity contribution in [2.45, 2.75) is 19.4 Å². The molecule has 0 spiro atoms. The minimum absolute atomic E-state index is 0.333. The van der Waals surface area contributed by atoms with Gasteiger partial charge in [-0.3, -0.25) is 4.90 Å². The number of anilines is 1. The summed E-state index contributed by atoms with van der Waals surface area (Å²) in [5.41, 5.74) is 3.62. The predicted molar refractivity (Wildman–Crippen MR) is 126 cm³/mol. The van der Waals surface area contributed by atoms with E-state index < -0.39 is 0 Å². The molecule has 3 heterocycles. The van der Waals surface area contributed by atoms with Crippen molar-refractivity contribution in [3.63, 3.8) is 0 Å². The second kappa shape index (κ2) is 9.70. The first-order valence-corrected chi connectivity index (χ1v) is 11.6. The molecular weight excluding hydrogens is 420 g/mol. The van der Waals surface area contributed by atoms with Crippen LogP contribution in [0.4, 0.5) is 5.69 Å². The molecule has 33 heavy (non-hydrogen) atoms. The summed E-state index contributed by atoms with van der Waals surface area (Å²) in [6, 6.07) is 11.8. The number of piperazine rings is 1. The van der Waals surface area contributed by atoms with Crippen molar-refractivity contribution >= 4 is 22.7 Å². The van der Waals surface area contributed by atoms with Crippen LogP contribution in [0.25, 0.3) is 11.0 Å². The van der Waals surface area contributed by atoms with Gasteiger partial charge in [0, 0.05) is 44.5 Å². The Labute approximate surface area is 193 Å². The zero-order valence-corrected chi connectivity index (χ0v) is 19.0. The second-order valence-electron chi connectivity index (χ2n) is 8.50. The van der Waals surface area contributed by atoms with Crippen molar-refractivity contribution in [3.8, 4) is 11.5 Å². The Morgan fingerprint density at radius 1 is 0.970 bits per heavy atom. The molecule has 0 bridgehead atoms. The minimum Gasteiger partial charge on any atom is -0.486 e. The highest BCUT2D eigenvalue weighted by atomic mass is 16.6. The van der Waals surface area contributed by atoms with Gasteiger partial charge in [0.1, 0.15) is 13.2 Å². The van der Waals surface area contributed by atoms with Gasteiger partial charge in [0.25, 0.3) is 0 Å². The van der Waals surface area contributed by atoms with Crippen molar-refractivity contribution in [1.29, 1.82) is 0 Å². The Hall–Kier alpha value is -3.26. The van der Waals surface area contributed by atoms with E-state index in [9.17, 15) is 4.79 Å². The molecular formula is C25H30N4O4. The molecule has 0 amide bonds. The molecule has 2 aromatic carbocycles. The number of methoxy groups -OCH3 is 1. The fraction of sp³-hybridized carbons (Fsp3) is 0.440. The number of ether oxygens (including phenoxy) is 3. The molecule has 8 heteroatoms. The van der Waals surface area contributed by atoms with Crippen LogP contribution in [-0.2, 0) is 11.3 Å². The fourth-order valence-electron chi connectivity index (χ4n) is 4.56. The lowest BCUT2D eigenvalue weighted by Gasteiger charge is -2.36. The average Bonchev–Trinajstić information content (AvgIpc) is 3.28. The summed E-state index contributed by atoms with van der Waals surface area (Å²) in [7, 11) is 1.39. The minimum atomic E-state index is -0.333. The van der Waals surface area contributed by atoms with Gasteiger partial charge < -0.3 is 23.7 Å². The maximum absolute atomic E-state index is 11.7. The number of hydrogen-bond acceptors (Lipinski definition) is 7. The van der Waals surface area contributed by atoms with Gasteiger partial charge in [0.05, 0.1) is 30.0 Å². The number of benzene rings is 2. The first-order chi connectivity index (χ1) is 16.2. The van der Waals surface area contributed by atoms with Crippen LogP contribution < -0.4 is 14.4 Å². The molecule has 174 valence electrons. The maximum atomic E-state index is 11.7. The van der Waals surface area contributed by atoms with E-state index in [-0.39, 0.29) is 5.97 Å². The number of nitrogens with zero attached hydrogens (tertiary/aromatic N) is 4. The molecule has 0 radical (unpaired) electrons. The normalized spacial score (nSPS) is 16.2. The van der Waals surface area contributed by atoms with Crippen LogP contribution in [0.2, 0.25) is 0 Å². The molecule has 0 unspecified atom stereocenters. The first-order valence-electron chi connectivity index (χ1n) is 11.6. The van der Waals surface area contributed by atoms with E-state index in [0.29, 0.717) is 18.8 Å². The van der Waals surface area contributed by atoms with Crippen LogP contribution in [-0.4, -0.2) is 73.5 Å². The summed E-state index contributed by atoms with van der Waals surface area (Å²) in [6.07, 6.45) is 4.09. The van der Waals surface area contributed by atoms with E-state index in [4.69, 9.17) is 14.2 Å². The number of carbonyl (C=O) groups excluding carboxylic acids is 1. The molecule has 0 atom stereocenters. The van der Waals surface area contributed by atoms with Gasteiger partial charge in [-0.05, 0) is 49.7 Å². The number of aromatic nitrogens is 2. The van der Waals surface area contributed by atoms with E-state index in [1.807, 2.05) is 18.5 Å². The van der Waals surface area contributed by atoms with E-state index in [2.05, 4.69) is 31.5 Å². The van der Waals surface area contributed by atoms with Gasteiger partial charge in [-0.1, -0.05) is 0 Å². The first kappa shape index (κ1) is 21.6. The van der Waals surface area contributed by atoms with Crippen molar-refractivity contribution in [2.75, 3.05) is 57.9 Å². The van der Waals surface area contributed by atoms with Gasteiger partial charge in [-0.15, -0.1) is 0 Å². The van der Waals surface area contributed by atoms with Crippen molar-refractivity contribution in [3.05, 3.63) is 48.3 Å². The van der Waals surface area contributed by atoms with Gasteiger partial charge in [-0.25, -0.2) is 9.78 Å². The van der Waals surface area contributed by atoms with Crippen molar-refractivity contribution in [1.82, 2.24) is 14.5 Å². The highest BCUT2D eigenvalue weighted by Crippen LogP contribution is 2.34. The lowest BCUT2D eigenvalue weighted by Crippen LogP contribution is -2.46. The number of rotatable bonds is 7. The van der Waals surface area contributed by atoms with Crippen LogP contribution >= 0.6 is 0 Å². The van der Waals surface area contributed by atoms with Crippen molar-refractivity contribution < 1.29 is 19.0 Å². The zero-order valence-electron chi connectivity index (χ0n) is 19.0. The molecule has 1 aromatic heterocycles. The third-order valence-corrected chi connectivity index (χ3v) is 6.43. The number of imidazole rings is 1. The standard InChI is InChI=1S/C25H30N4O4/c1-31-25(30)19-4-6-22-21(16-19)26-18-29(22)9-3-2-8-27-10-12-28(13-11-27)20-5-7-23-24(17-20)33-15-14-32-23/h4-7,16-18H,2-3,8-15H2,1H3. The van der Waals surface area contributed by atoms with Crippen LogP contribution in [0.1, 0.15) is 23.2 Å². The lowest BCUT2D eigenvalue weighted by molar-refractivity contribution is 0.0601. The lowest BCUT2D eigenvalue weighted by atomic mass is 10.2. The molecule has 8 nitrogen and oxygen atoms in total. The molecule has 1 fully saturated rings. The number of carbonyl (C=O) groups is 1. The molecule has 2 aliphatic rings. The Bertz CT molecular complexity index is 1120. The number of hydrogen-bond donors (Lipinski definition) is 0. The SMILES string of the molecule is COC(=O)c1ccc2c(c1)ncn2CCCCN1CCN(c2ccc3c(c2)OCCO3)CC1. The highest BCUT2D eigenvalue weighted by molar-refractivity contribution is 5.93. The van der Waals surface area contributed by atoms with E-state index in [0.717, 1.165) is 74.6 Å². The highest BCUT2D eigenvalue weighted by Gasteiger charge is 2.19. The summed E-state index contributed by atoms with van der Waals surface area (Å²) < 4.78 is 18.3. The number of esters is 1. The summed E-state index contributed by atoms with van der Waals surface area (Å²) in [4.78, 5) is 21.1. The summed E-state index contributed by atoms with van der Waals surface area (Å²) in [5.74, 6) is 1.37. The quantitative estimate of drug-likeness (QED) is 0.404. The fourth-order valence-corrected chi connectivity index (χ4v) is 4.56. The topological polar surface area (TPSA) is 69.1 Å². The van der Waals surface area contributed by atoms with Crippen LogP contribution in [0, 0.1) is 0 Å². The third kappa shape index (κ3) is 4.75. The average molecular weight is 451 g/mol. The second-order valence-corrected chi connectivity index (χ2v) is 8.50. The van der Waals surface area contributed by atoms with Crippen LogP contribution in [0.3, 0.4) is 0 Å². The Morgan fingerprint density at radius 3 is 2.58 bits per heavy atom. The molecule has 5 rings (SSSR count). The van der Waals surface area contributed by atoms with Gasteiger partial charge in [-0.2, -0.15) is 0 Å². The number of fused-ring (bicyclic) bond motifs is 2. The molecule has 2 aliphatic heterocycles. The van der Waals surface area contributed by atoms with Crippen molar-refractivity contribution in [2.24, 2.45) is 0 Å². The van der Waals surface area contributed by atoms with E-state index in [1.54, 1.807) is 12.1 Å². The van der Waals surface area contributed by atoms with E-state index >= 15 is 0 Å². The monoisotopic (exact) mass is 450 g/mol. The number of unbranched alkanes of at least 4 members (excludes halogenated alkanes) is 1. The zero-order chi connectivity index (χ0) is 22.6. The Balaban J connectivity index is 1.07. The molecule has 0 saturated carbocycles. The van der Waals surface area contributed by atoms with Crippen LogP contribution in [0.5, 0.6) is 11.5 Å². The largest absolute Gasteiger partial charge is 0.486 e. The summed E-state index contributed by atoms with van der Waals surface area (Å²) in [6.45, 7) is 7.45. The molecule has 3 aromatic rings.